The number of nitrogens with zero attached hydrogens (tertiary/aromatic N) is 3. The van der Waals surface area contributed by atoms with E-state index in [2.05, 4.69) is 34.9 Å². The number of imidazole rings is 1. The average molecular weight is 367 g/mol. The fraction of sp³-hybridized carbons (Fsp3) is 0.167. The fourth-order valence-corrected chi connectivity index (χ4v) is 4.08. The van der Waals surface area contributed by atoms with E-state index in [1.54, 1.807) is 0 Å². The second-order valence-corrected chi connectivity index (χ2v) is 7.27. The molecule has 0 N–H and O–H groups in total. The molecule has 1 atom stereocenters. The van der Waals surface area contributed by atoms with Crippen LogP contribution in [0.25, 0.3) is 11.0 Å². The van der Waals surface area contributed by atoms with Gasteiger partial charge in [-0.05, 0) is 29.8 Å². The van der Waals surface area contributed by atoms with Gasteiger partial charge in [0, 0.05) is 31.1 Å². The van der Waals surface area contributed by atoms with Crippen LogP contribution >= 0.6 is 0 Å². The Labute approximate surface area is 164 Å². The number of anilines is 1. The van der Waals surface area contributed by atoms with Crippen LogP contribution in [0.15, 0.2) is 84.9 Å². The predicted octanol–water partition coefficient (Wildman–Crippen LogP) is 4.61. The molecule has 2 heterocycles. The minimum absolute atomic E-state index is 0.0869. The van der Waals surface area contributed by atoms with Crippen molar-refractivity contribution >= 4 is 22.6 Å². The summed E-state index contributed by atoms with van der Waals surface area (Å²) >= 11 is 0. The third-order valence-electron chi connectivity index (χ3n) is 5.43. The number of carbonyl (C=O) groups excluding carboxylic acids is 1. The Bertz CT molecular complexity index is 1120. The van der Waals surface area contributed by atoms with E-state index in [-0.39, 0.29) is 11.8 Å². The summed E-state index contributed by atoms with van der Waals surface area (Å²) in [5.41, 5.74) is 4.29. The molecule has 4 heteroatoms. The van der Waals surface area contributed by atoms with Gasteiger partial charge in [0.2, 0.25) is 5.91 Å². The number of aromatic nitrogens is 2. The van der Waals surface area contributed by atoms with Gasteiger partial charge in [-0.2, -0.15) is 0 Å². The largest absolute Gasteiger partial charge is 0.323 e. The monoisotopic (exact) mass is 367 g/mol. The molecule has 5 rings (SSSR count). The van der Waals surface area contributed by atoms with Gasteiger partial charge in [0.25, 0.3) is 0 Å². The molecule has 28 heavy (non-hydrogen) atoms. The van der Waals surface area contributed by atoms with Gasteiger partial charge >= 0.3 is 0 Å². The standard InChI is InChI=1S/C24H21N3O/c28-23-15-19(17-26(23)20-11-5-2-6-12-20)24-25-21-13-7-8-14-22(21)27(24)16-18-9-3-1-4-10-18/h1-14,19H,15-17H2. The molecule has 0 radical (unpaired) electrons. The molecule has 1 amide bonds. The van der Waals surface area contributed by atoms with E-state index >= 15 is 0 Å². The lowest BCUT2D eigenvalue weighted by molar-refractivity contribution is -0.117. The highest BCUT2D eigenvalue weighted by atomic mass is 16.2. The van der Waals surface area contributed by atoms with E-state index < -0.39 is 0 Å². The quantitative estimate of drug-likeness (QED) is 0.528. The van der Waals surface area contributed by atoms with Gasteiger partial charge in [0.15, 0.2) is 0 Å². The Morgan fingerprint density at radius 2 is 1.54 bits per heavy atom. The molecular formula is C24H21N3O. The van der Waals surface area contributed by atoms with E-state index in [0.29, 0.717) is 13.0 Å². The van der Waals surface area contributed by atoms with Crippen LogP contribution in [0.4, 0.5) is 5.69 Å². The maximum Gasteiger partial charge on any atom is 0.227 e. The number of carbonyl (C=O) groups is 1. The van der Waals surface area contributed by atoms with Crippen LogP contribution in [-0.4, -0.2) is 22.0 Å². The van der Waals surface area contributed by atoms with Crippen molar-refractivity contribution in [1.82, 2.24) is 9.55 Å². The van der Waals surface area contributed by atoms with E-state index in [0.717, 1.165) is 29.1 Å². The van der Waals surface area contributed by atoms with Crippen LogP contribution in [0.2, 0.25) is 0 Å². The number of rotatable bonds is 4. The number of hydrogen-bond donors (Lipinski definition) is 0. The SMILES string of the molecule is O=C1CC(c2nc3ccccc3n2Cc2ccccc2)CN1c1ccccc1. The fourth-order valence-electron chi connectivity index (χ4n) is 4.08. The van der Waals surface area contributed by atoms with Crippen LogP contribution in [0, 0.1) is 0 Å². The molecule has 138 valence electrons. The first-order chi connectivity index (χ1) is 13.8. The third kappa shape index (κ3) is 2.97. The second kappa shape index (κ2) is 6.97. The van der Waals surface area contributed by atoms with Gasteiger partial charge in [-0.3, -0.25) is 4.79 Å². The lowest BCUT2D eigenvalue weighted by Gasteiger charge is -2.17. The predicted molar refractivity (Wildman–Crippen MR) is 111 cm³/mol. The summed E-state index contributed by atoms with van der Waals surface area (Å²) in [6.45, 7) is 1.42. The molecular weight excluding hydrogens is 346 g/mol. The van der Waals surface area contributed by atoms with Gasteiger partial charge in [-0.15, -0.1) is 0 Å². The van der Waals surface area contributed by atoms with Crippen molar-refractivity contribution in [3.63, 3.8) is 0 Å². The average Bonchev–Trinajstić information content (AvgIpc) is 3.30. The molecule has 1 aromatic heterocycles. The molecule has 0 bridgehead atoms. The van der Waals surface area contributed by atoms with Gasteiger partial charge in [0.1, 0.15) is 5.82 Å². The smallest absolute Gasteiger partial charge is 0.227 e. The highest BCUT2D eigenvalue weighted by Gasteiger charge is 2.34. The molecule has 0 spiro atoms. The van der Waals surface area contributed by atoms with E-state index in [1.807, 2.05) is 59.5 Å². The number of amides is 1. The first-order valence-electron chi connectivity index (χ1n) is 9.64. The Hall–Kier alpha value is -3.40. The normalized spacial score (nSPS) is 16.8. The van der Waals surface area contributed by atoms with Crippen LogP contribution in [0.5, 0.6) is 0 Å². The van der Waals surface area contributed by atoms with E-state index in [4.69, 9.17) is 4.98 Å². The first kappa shape index (κ1) is 16.8. The summed E-state index contributed by atoms with van der Waals surface area (Å²) in [5, 5.41) is 0. The van der Waals surface area contributed by atoms with Crippen molar-refractivity contribution in [1.29, 1.82) is 0 Å². The maximum atomic E-state index is 12.7. The van der Waals surface area contributed by atoms with Crippen molar-refractivity contribution in [3.05, 3.63) is 96.3 Å². The van der Waals surface area contributed by atoms with Crippen LogP contribution in [0.3, 0.4) is 0 Å². The Balaban J connectivity index is 1.54. The molecule has 1 fully saturated rings. The third-order valence-corrected chi connectivity index (χ3v) is 5.43. The molecule has 0 aliphatic carbocycles. The second-order valence-electron chi connectivity index (χ2n) is 7.27. The highest BCUT2D eigenvalue weighted by molar-refractivity contribution is 5.96. The number of hydrogen-bond acceptors (Lipinski definition) is 2. The van der Waals surface area contributed by atoms with Crippen molar-refractivity contribution in [3.8, 4) is 0 Å². The molecule has 0 saturated carbocycles. The Morgan fingerprint density at radius 3 is 2.32 bits per heavy atom. The Morgan fingerprint density at radius 1 is 0.857 bits per heavy atom. The number of fused-ring (bicyclic) bond motifs is 1. The maximum absolute atomic E-state index is 12.7. The summed E-state index contributed by atoms with van der Waals surface area (Å²) in [7, 11) is 0. The molecule has 4 aromatic rings. The lowest BCUT2D eigenvalue weighted by Crippen LogP contribution is -2.24. The van der Waals surface area contributed by atoms with Gasteiger partial charge in [-0.25, -0.2) is 4.98 Å². The summed E-state index contributed by atoms with van der Waals surface area (Å²) in [6.07, 6.45) is 0.493. The first-order valence-corrected chi connectivity index (χ1v) is 9.64. The topological polar surface area (TPSA) is 38.1 Å². The highest BCUT2D eigenvalue weighted by Crippen LogP contribution is 2.33. The minimum atomic E-state index is 0.0869. The summed E-state index contributed by atoms with van der Waals surface area (Å²) in [5.74, 6) is 1.25. The van der Waals surface area contributed by atoms with Crippen LogP contribution in [-0.2, 0) is 11.3 Å². The molecule has 1 aliphatic rings. The number of para-hydroxylation sites is 3. The molecule has 1 unspecified atom stereocenters. The molecule has 1 saturated heterocycles. The van der Waals surface area contributed by atoms with Crippen LogP contribution in [0.1, 0.15) is 23.7 Å². The summed E-state index contributed by atoms with van der Waals surface area (Å²) in [4.78, 5) is 19.6. The van der Waals surface area contributed by atoms with Gasteiger partial charge in [-0.1, -0.05) is 60.7 Å². The van der Waals surface area contributed by atoms with E-state index in [9.17, 15) is 4.79 Å². The zero-order valence-electron chi connectivity index (χ0n) is 15.5. The van der Waals surface area contributed by atoms with Crippen molar-refractivity contribution in [2.75, 3.05) is 11.4 Å². The van der Waals surface area contributed by atoms with Crippen molar-refractivity contribution in [2.45, 2.75) is 18.9 Å². The van der Waals surface area contributed by atoms with Gasteiger partial charge < -0.3 is 9.47 Å². The summed E-state index contributed by atoms with van der Waals surface area (Å²) in [6, 6.07) is 28.5. The number of benzene rings is 3. The van der Waals surface area contributed by atoms with Crippen molar-refractivity contribution in [2.24, 2.45) is 0 Å². The molecule has 4 nitrogen and oxygen atoms in total. The van der Waals surface area contributed by atoms with Gasteiger partial charge in [0.05, 0.1) is 11.0 Å². The lowest BCUT2D eigenvalue weighted by atomic mass is 10.1. The zero-order valence-corrected chi connectivity index (χ0v) is 15.5. The minimum Gasteiger partial charge on any atom is -0.323 e. The molecule has 3 aromatic carbocycles. The van der Waals surface area contributed by atoms with Crippen molar-refractivity contribution < 1.29 is 4.79 Å². The van der Waals surface area contributed by atoms with Crippen LogP contribution < -0.4 is 4.90 Å². The van der Waals surface area contributed by atoms with E-state index in [1.165, 1.54) is 5.56 Å². The molecule has 1 aliphatic heterocycles. The zero-order chi connectivity index (χ0) is 18.9. The Kier molecular flexibility index (Phi) is 4.17. The summed E-state index contributed by atoms with van der Waals surface area (Å²) < 4.78 is 2.27.